The van der Waals surface area contributed by atoms with Crippen molar-refractivity contribution >= 4 is 11.3 Å². The smallest absolute Gasteiger partial charge is 0.0896 e. The Morgan fingerprint density at radius 3 is 3.05 bits per heavy atom. The Morgan fingerprint density at radius 2 is 2.38 bits per heavy atom. The summed E-state index contributed by atoms with van der Waals surface area (Å²) in [6.45, 7) is 4.14. The Kier molecular flexibility index (Phi) is 4.42. The Morgan fingerprint density at radius 1 is 1.52 bits per heavy atom. The van der Waals surface area contributed by atoms with Gasteiger partial charge in [-0.1, -0.05) is 6.07 Å². The lowest BCUT2D eigenvalue weighted by Crippen LogP contribution is -2.30. The van der Waals surface area contributed by atoms with Crippen LogP contribution in [-0.2, 0) is 13.6 Å². The van der Waals surface area contributed by atoms with E-state index < -0.39 is 0 Å². The van der Waals surface area contributed by atoms with Crippen molar-refractivity contribution < 1.29 is 5.11 Å². The average molecular weight is 305 g/mol. The summed E-state index contributed by atoms with van der Waals surface area (Å²) in [5.41, 5.74) is 2.41. The summed E-state index contributed by atoms with van der Waals surface area (Å²) in [6, 6.07) is 4.51. The maximum Gasteiger partial charge on any atom is 0.0896 e. The van der Waals surface area contributed by atoms with Crippen LogP contribution in [0.5, 0.6) is 0 Å². The molecule has 3 rings (SSSR count). The molecule has 1 aliphatic heterocycles. The minimum Gasteiger partial charge on any atom is -0.388 e. The molecule has 1 aliphatic rings. The Labute approximate surface area is 130 Å². The molecule has 2 atom stereocenters. The van der Waals surface area contributed by atoms with Gasteiger partial charge in [0.15, 0.2) is 0 Å². The van der Waals surface area contributed by atoms with Crippen LogP contribution in [0.3, 0.4) is 0 Å². The van der Waals surface area contributed by atoms with Crippen LogP contribution in [0.4, 0.5) is 0 Å². The SMILES string of the molecule is Cc1nn(C)cc1CN1CCCC1CC(O)c1cccs1. The van der Waals surface area contributed by atoms with Crippen molar-refractivity contribution in [3.8, 4) is 0 Å². The van der Waals surface area contributed by atoms with Crippen LogP contribution in [-0.4, -0.2) is 32.4 Å². The lowest BCUT2D eigenvalue weighted by Gasteiger charge is -2.26. The molecule has 1 N–H and O–H groups in total. The second kappa shape index (κ2) is 6.30. The molecule has 1 saturated heterocycles. The van der Waals surface area contributed by atoms with Gasteiger partial charge < -0.3 is 5.11 Å². The van der Waals surface area contributed by atoms with Gasteiger partial charge in [-0.2, -0.15) is 5.10 Å². The number of thiophene rings is 1. The minimum atomic E-state index is -0.328. The standard InChI is InChI=1S/C16H23N3OS/c1-12-13(10-18(2)17-12)11-19-7-3-5-14(19)9-15(20)16-6-4-8-21-16/h4,6,8,10,14-15,20H,3,5,7,9,11H2,1-2H3. The van der Waals surface area contributed by atoms with Gasteiger partial charge in [0.1, 0.15) is 0 Å². The van der Waals surface area contributed by atoms with Crippen molar-refractivity contribution in [2.45, 2.75) is 44.9 Å². The molecule has 114 valence electrons. The van der Waals surface area contributed by atoms with Gasteiger partial charge in [-0.05, 0) is 44.2 Å². The van der Waals surface area contributed by atoms with Crippen molar-refractivity contribution in [2.75, 3.05) is 6.54 Å². The fourth-order valence-corrected chi connectivity index (χ4v) is 3.97. The topological polar surface area (TPSA) is 41.3 Å². The number of aliphatic hydroxyl groups excluding tert-OH is 1. The monoisotopic (exact) mass is 305 g/mol. The van der Waals surface area contributed by atoms with Gasteiger partial charge in [0.2, 0.25) is 0 Å². The first-order valence-corrected chi connectivity index (χ1v) is 8.46. The van der Waals surface area contributed by atoms with Gasteiger partial charge in [-0.15, -0.1) is 11.3 Å². The Hall–Kier alpha value is -1.17. The average Bonchev–Trinajstić information content (AvgIpc) is 3.14. The fraction of sp³-hybridized carbons (Fsp3) is 0.562. The maximum atomic E-state index is 10.4. The lowest BCUT2D eigenvalue weighted by molar-refractivity contribution is 0.120. The van der Waals surface area contributed by atoms with Crippen LogP contribution < -0.4 is 0 Å². The van der Waals surface area contributed by atoms with Crippen LogP contribution in [0.1, 0.15) is 41.5 Å². The zero-order chi connectivity index (χ0) is 14.8. The van der Waals surface area contributed by atoms with Gasteiger partial charge in [0.05, 0.1) is 11.8 Å². The number of likely N-dealkylation sites (tertiary alicyclic amines) is 1. The zero-order valence-corrected chi connectivity index (χ0v) is 13.5. The number of aromatic nitrogens is 2. The molecular weight excluding hydrogens is 282 g/mol. The highest BCUT2D eigenvalue weighted by molar-refractivity contribution is 7.10. The maximum absolute atomic E-state index is 10.4. The zero-order valence-electron chi connectivity index (χ0n) is 12.7. The predicted octanol–water partition coefficient (Wildman–Crippen LogP) is 2.88. The van der Waals surface area contributed by atoms with Crippen molar-refractivity contribution in [3.05, 3.63) is 39.8 Å². The molecule has 1 fully saturated rings. The molecule has 2 aromatic heterocycles. The molecule has 21 heavy (non-hydrogen) atoms. The first-order chi connectivity index (χ1) is 10.1. The van der Waals surface area contributed by atoms with Gasteiger partial charge in [0.25, 0.3) is 0 Å². The summed E-state index contributed by atoms with van der Waals surface area (Å²) in [5.74, 6) is 0. The third kappa shape index (κ3) is 3.36. The van der Waals surface area contributed by atoms with E-state index in [0.717, 1.165) is 30.1 Å². The van der Waals surface area contributed by atoms with Gasteiger partial charge in [-0.25, -0.2) is 0 Å². The van der Waals surface area contributed by atoms with Crippen molar-refractivity contribution in [1.29, 1.82) is 0 Å². The molecule has 4 nitrogen and oxygen atoms in total. The number of nitrogens with zero attached hydrogens (tertiary/aromatic N) is 3. The second-order valence-corrected chi connectivity index (χ2v) is 6.93. The van der Waals surface area contributed by atoms with E-state index in [4.69, 9.17) is 0 Å². The molecule has 5 heteroatoms. The summed E-state index contributed by atoms with van der Waals surface area (Å²) >= 11 is 1.64. The second-order valence-electron chi connectivity index (χ2n) is 5.95. The molecule has 3 heterocycles. The molecule has 0 aliphatic carbocycles. The van der Waals surface area contributed by atoms with Gasteiger partial charge >= 0.3 is 0 Å². The van der Waals surface area contributed by atoms with Crippen LogP contribution >= 0.6 is 11.3 Å². The summed E-state index contributed by atoms with van der Waals surface area (Å²) in [6.07, 6.45) is 5.02. The lowest BCUT2D eigenvalue weighted by atomic mass is 10.1. The molecule has 0 radical (unpaired) electrons. The highest BCUT2D eigenvalue weighted by Gasteiger charge is 2.28. The largest absolute Gasteiger partial charge is 0.388 e. The summed E-state index contributed by atoms with van der Waals surface area (Å²) in [5, 5.41) is 16.8. The Balaban J connectivity index is 1.64. The van der Waals surface area contributed by atoms with Gasteiger partial charge in [-0.3, -0.25) is 9.58 Å². The number of hydrogen-bond acceptors (Lipinski definition) is 4. The molecule has 0 spiro atoms. The number of aliphatic hydroxyl groups is 1. The molecule has 0 bridgehead atoms. The first-order valence-electron chi connectivity index (χ1n) is 7.58. The van der Waals surface area contributed by atoms with Crippen LogP contribution in [0, 0.1) is 6.92 Å². The first kappa shape index (κ1) is 14.8. The van der Waals surface area contributed by atoms with E-state index >= 15 is 0 Å². The minimum absolute atomic E-state index is 0.328. The molecule has 2 aromatic rings. The molecular formula is C16H23N3OS. The summed E-state index contributed by atoms with van der Waals surface area (Å²) < 4.78 is 1.89. The normalized spacial score (nSPS) is 21.0. The molecule has 2 unspecified atom stereocenters. The highest BCUT2D eigenvalue weighted by Crippen LogP contribution is 2.30. The predicted molar refractivity (Wildman–Crippen MR) is 85.3 cm³/mol. The number of aryl methyl sites for hydroxylation is 2. The van der Waals surface area contributed by atoms with E-state index in [1.54, 1.807) is 11.3 Å². The van der Waals surface area contributed by atoms with Crippen LogP contribution in [0.15, 0.2) is 23.7 Å². The summed E-state index contributed by atoms with van der Waals surface area (Å²) in [7, 11) is 1.97. The van der Waals surface area contributed by atoms with E-state index in [0.29, 0.717) is 6.04 Å². The summed E-state index contributed by atoms with van der Waals surface area (Å²) in [4.78, 5) is 3.58. The quantitative estimate of drug-likeness (QED) is 0.923. The van der Waals surface area contributed by atoms with Crippen LogP contribution in [0.25, 0.3) is 0 Å². The highest BCUT2D eigenvalue weighted by atomic mass is 32.1. The number of rotatable bonds is 5. The van der Waals surface area contributed by atoms with E-state index in [-0.39, 0.29) is 6.10 Å². The van der Waals surface area contributed by atoms with E-state index in [2.05, 4.69) is 23.1 Å². The van der Waals surface area contributed by atoms with E-state index in [1.807, 2.05) is 29.2 Å². The van der Waals surface area contributed by atoms with Gasteiger partial charge in [0, 0.05) is 36.3 Å². The van der Waals surface area contributed by atoms with E-state index in [1.165, 1.54) is 18.4 Å². The van der Waals surface area contributed by atoms with Crippen molar-refractivity contribution in [3.63, 3.8) is 0 Å². The Bertz CT molecular complexity index is 578. The third-order valence-electron chi connectivity index (χ3n) is 4.35. The molecule has 0 aromatic carbocycles. The molecule has 0 amide bonds. The van der Waals surface area contributed by atoms with Crippen LogP contribution in [0.2, 0.25) is 0 Å². The molecule has 0 saturated carbocycles. The van der Waals surface area contributed by atoms with Crippen molar-refractivity contribution in [1.82, 2.24) is 14.7 Å². The number of hydrogen-bond donors (Lipinski definition) is 1. The fourth-order valence-electron chi connectivity index (χ4n) is 3.25. The third-order valence-corrected chi connectivity index (χ3v) is 5.33. The van der Waals surface area contributed by atoms with Crippen molar-refractivity contribution in [2.24, 2.45) is 7.05 Å². The van der Waals surface area contributed by atoms with E-state index in [9.17, 15) is 5.11 Å².